The molecule has 1 atom stereocenters. The van der Waals surface area contributed by atoms with Crippen molar-refractivity contribution in [2.24, 2.45) is 5.92 Å². The third kappa shape index (κ3) is 3.52. The second-order valence-corrected chi connectivity index (χ2v) is 6.45. The smallest absolute Gasteiger partial charge is 0.227 e. The van der Waals surface area contributed by atoms with Crippen LogP contribution < -0.4 is 14.8 Å². The molecule has 0 aliphatic rings. The summed E-state index contributed by atoms with van der Waals surface area (Å²) in [5.74, 6) is 1.17. The molecule has 3 rings (SSSR count). The van der Waals surface area contributed by atoms with Crippen LogP contribution in [-0.2, 0) is 11.2 Å². The summed E-state index contributed by atoms with van der Waals surface area (Å²) in [5, 5.41) is 4.10. The number of fused-ring (bicyclic) bond motifs is 1. The topological polar surface area (TPSA) is 63.3 Å². The van der Waals surface area contributed by atoms with Crippen LogP contribution in [0.15, 0.2) is 42.5 Å². The number of aryl methyl sites for hydroxylation is 1. The number of aromatic nitrogens is 1. The Balaban J connectivity index is 1.75. The zero-order valence-electron chi connectivity index (χ0n) is 15.6. The molecule has 2 N–H and O–H groups in total. The van der Waals surface area contributed by atoms with E-state index in [1.807, 2.05) is 56.3 Å². The molecule has 1 heterocycles. The summed E-state index contributed by atoms with van der Waals surface area (Å²) < 4.78 is 10.6. The van der Waals surface area contributed by atoms with Crippen molar-refractivity contribution < 1.29 is 14.3 Å². The molecular formula is C21H24N2O3. The first-order chi connectivity index (χ1) is 12.5. The fourth-order valence-electron chi connectivity index (χ4n) is 3.14. The Labute approximate surface area is 153 Å². The average Bonchev–Trinajstić information content (AvgIpc) is 2.97. The number of hydrogen-bond donors (Lipinski definition) is 2. The third-order valence-corrected chi connectivity index (χ3v) is 4.58. The number of amides is 1. The lowest BCUT2D eigenvalue weighted by Crippen LogP contribution is -2.22. The van der Waals surface area contributed by atoms with Crippen molar-refractivity contribution in [3.63, 3.8) is 0 Å². The van der Waals surface area contributed by atoms with E-state index in [1.54, 1.807) is 14.2 Å². The van der Waals surface area contributed by atoms with Crippen molar-refractivity contribution >= 4 is 22.5 Å². The Kier molecular flexibility index (Phi) is 5.16. The van der Waals surface area contributed by atoms with Gasteiger partial charge in [-0.25, -0.2) is 0 Å². The minimum Gasteiger partial charge on any atom is -0.493 e. The second-order valence-electron chi connectivity index (χ2n) is 6.45. The summed E-state index contributed by atoms with van der Waals surface area (Å²) in [6.45, 7) is 3.89. The molecule has 3 aromatic rings. The highest BCUT2D eigenvalue weighted by Gasteiger charge is 2.18. The van der Waals surface area contributed by atoms with E-state index < -0.39 is 0 Å². The number of carbonyl (C=O) groups excluding carboxylic acids is 1. The van der Waals surface area contributed by atoms with Gasteiger partial charge in [-0.3, -0.25) is 4.79 Å². The number of ether oxygens (including phenoxy) is 2. The first-order valence-electron chi connectivity index (χ1n) is 8.62. The lowest BCUT2D eigenvalue weighted by atomic mass is 9.99. The van der Waals surface area contributed by atoms with Crippen LogP contribution in [0.2, 0.25) is 0 Å². The molecule has 1 amide bonds. The number of hydrogen-bond acceptors (Lipinski definition) is 3. The van der Waals surface area contributed by atoms with Crippen molar-refractivity contribution in [3.8, 4) is 11.5 Å². The second kappa shape index (κ2) is 7.52. The largest absolute Gasteiger partial charge is 0.493 e. The summed E-state index contributed by atoms with van der Waals surface area (Å²) in [6.07, 6.45) is 0.619. The zero-order valence-corrected chi connectivity index (χ0v) is 15.6. The fourth-order valence-corrected chi connectivity index (χ4v) is 3.14. The molecule has 0 aliphatic heterocycles. The third-order valence-electron chi connectivity index (χ3n) is 4.58. The molecule has 1 unspecified atom stereocenters. The Morgan fingerprint density at radius 2 is 1.85 bits per heavy atom. The number of benzene rings is 2. The van der Waals surface area contributed by atoms with Gasteiger partial charge in [-0.2, -0.15) is 0 Å². The number of aromatic amines is 1. The Bertz CT molecular complexity index is 930. The van der Waals surface area contributed by atoms with Crippen LogP contribution in [0.4, 0.5) is 5.69 Å². The highest BCUT2D eigenvalue weighted by atomic mass is 16.5. The molecule has 136 valence electrons. The fraction of sp³-hybridized carbons (Fsp3) is 0.286. The molecule has 5 nitrogen and oxygen atoms in total. The van der Waals surface area contributed by atoms with Gasteiger partial charge >= 0.3 is 0 Å². The Morgan fingerprint density at radius 1 is 1.12 bits per heavy atom. The van der Waals surface area contributed by atoms with Gasteiger partial charge in [-0.05, 0) is 37.1 Å². The van der Waals surface area contributed by atoms with Crippen LogP contribution in [-0.4, -0.2) is 25.1 Å². The number of rotatable bonds is 6. The molecule has 0 fully saturated rings. The van der Waals surface area contributed by atoms with E-state index in [-0.39, 0.29) is 11.8 Å². The van der Waals surface area contributed by atoms with Crippen LogP contribution in [0, 0.1) is 12.8 Å². The van der Waals surface area contributed by atoms with E-state index in [2.05, 4.69) is 10.3 Å². The van der Waals surface area contributed by atoms with E-state index in [4.69, 9.17) is 9.47 Å². The summed E-state index contributed by atoms with van der Waals surface area (Å²) in [7, 11) is 3.22. The Hall–Kier alpha value is -2.95. The standard InChI is InChI=1S/C21H24N2O3/c1-13(11-15-9-10-18(25-3)19(12-15)26-4)21(24)23-20-14(2)22-17-8-6-5-7-16(17)20/h5-10,12-13,22H,11H2,1-4H3,(H,23,24). The first kappa shape index (κ1) is 17.9. The van der Waals surface area contributed by atoms with Gasteiger partial charge in [0.15, 0.2) is 11.5 Å². The molecule has 1 aromatic heterocycles. The van der Waals surface area contributed by atoms with Crippen LogP contribution >= 0.6 is 0 Å². The van der Waals surface area contributed by atoms with E-state index in [0.29, 0.717) is 17.9 Å². The number of nitrogens with one attached hydrogen (secondary N) is 2. The van der Waals surface area contributed by atoms with Crippen LogP contribution in [0.25, 0.3) is 10.9 Å². The Morgan fingerprint density at radius 3 is 2.58 bits per heavy atom. The van der Waals surface area contributed by atoms with E-state index >= 15 is 0 Å². The molecule has 0 aliphatic carbocycles. The SMILES string of the molecule is COc1ccc(CC(C)C(=O)Nc2c(C)[nH]c3ccccc23)cc1OC. The highest BCUT2D eigenvalue weighted by Crippen LogP contribution is 2.30. The van der Waals surface area contributed by atoms with Crippen molar-refractivity contribution in [3.05, 3.63) is 53.7 Å². The van der Waals surface area contributed by atoms with Gasteiger partial charge in [0.25, 0.3) is 0 Å². The zero-order chi connectivity index (χ0) is 18.7. The minimum atomic E-state index is -0.179. The molecular weight excluding hydrogens is 328 g/mol. The van der Waals surface area contributed by atoms with Crippen molar-refractivity contribution in [2.75, 3.05) is 19.5 Å². The number of carbonyl (C=O) groups is 1. The summed E-state index contributed by atoms with van der Waals surface area (Å²) in [6, 6.07) is 13.7. The van der Waals surface area contributed by atoms with Gasteiger partial charge in [0.1, 0.15) is 0 Å². The highest BCUT2D eigenvalue weighted by molar-refractivity contribution is 6.03. The average molecular weight is 352 g/mol. The molecule has 26 heavy (non-hydrogen) atoms. The predicted octanol–water partition coefficient (Wildman–Crippen LogP) is 4.31. The van der Waals surface area contributed by atoms with Crippen molar-refractivity contribution in [1.29, 1.82) is 0 Å². The van der Waals surface area contributed by atoms with Crippen molar-refractivity contribution in [2.45, 2.75) is 20.3 Å². The lowest BCUT2D eigenvalue weighted by Gasteiger charge is -2.14. The number of methoxy groups -OCH3 is 2. The van der Waals surface area contributed by atoms with E-state index in [0.717, 1.165) is 27.8 Å². The van der Waals surface area contributed by atoms with Gasteiger partial charge in [-0.15, -0.1) is 0 Å². The summed E-state index contributed by atoms with van der Waals surface area (Å²) in [4.78, 5) is 16.0. The van der Waals surface area contributed by atoms with E-state index in [9.17, 15) is 4.79 Å². The normalized spacial score (nSPS) is 12.0. The molecule has 2 aromatic carbocycles. The van der Waals surface area contributed by atoms with Gasteiger partial charge in [0.2, 0.25) is 5.91 Å². The predicted molar refractivity (Wildman–Crippen MR) is 104 cm³/mol. The molecule has 0 spiro atoms. The van der Waals surface area contributed by atoms with E-state index in [1.165, 1.54) is 0 Å². The quantitative estimate of drug-likeness (QED) is 0.695. The molecule has 0 bridgehead atoms. The molecule has 0 saturated carbocycles. The maximum Gasteiger partial charge on any atom is 0.227 e. The van der Waals surface area contributed by atoms with Crippen LogP contribution in [0.3, 0.4) is 0 Å². The molecule has 0 radical (unpaired) electrons. The van der Waals surface area contributed by atoms with Gasteiger partial charge in [0.05, 0.1) is 19.9 Å². The number of anilines is 1. The van der Waals surface area contributed by atoms with Crippen LogP contribution in [0.5, 0.6) is 11.5 Å². The first-order valence-corrected chi connectivity index (χ1v) is 8.62. The lowest BCUT2D eigenvalue weighted by molar-refractivity contribution is -0.119. The minimum absolute atomic E-state index is 0.00682. The van der Waals surface area contributed by atoms with Gasteiger partial charge in [-0.1, -0.05) is 31.2 Å². The van der Waals surface area contributed by atoms with Crippen molar-refractivity contribution in [1.82, 2.24) is 4.98 Å². The maximum absolute atomic E-state index is 12.7. The maximum atomic E-state index is 12.7. The molecule has 5 heteroatoms. The molecule has 0 saturated heterocycles. The van der Waals surface area contributed by atoms with Gasteiger partial charge in [0, 0.05) is 22.5 Å². The van der Waals surface area contributed by atoms with Crippen LogP contribution in [0.1, 0.15) is 18.2 Å². The monoisotopic (exact) mass is 352 g/mol. The van der Waals surface area contributed by atoms with Gasteiger partial charge < -0.3 is 19.8 Å². The summed E-state index contributed by atoms with van der Waals surface area (Å²) >= 11 is 0. The number of H-pyrrole nitrogens is 1. The number of para-hydroxylation sites is 1. The summed E-state index contributed by atoms with van der Waals surface area (Å²) in [5.41, 5.74) is 3.86.